The molecule has 0 spiro atoms. The first kappa shape index (κ1) is 21.5. The third kappa shape index (κ3) is 4.94. The van der Waals surface area contributed by atoms with Gasteiger partial charge < -0.3 is 15.4 Å². The van der Waals surface area contributed by atoms with Gasteiger partial charge in [0.25, 0.3) is 0 Å². The number of Topliss-reactive ketones (excluding diaryl/α,β-unsaturated/α-hetero) is 1. The van der Waals surface area contributed by atoms with Gasteiger partial charge in [-0.25, -0.2) is 9.18 Å². The Kier molecular flexibility index (Phi) is 6.62. The number of amides is 2. The molecule has 0 saturated carbocycles. The molecule has 2 saturated heterocycles. The first-order valence-corrected chi connectivity index (χ1v) is 11.2. The first-order chi connectivity index (χ1) is 15.0. The van der Waals surface area contributed by atoms with E-state index in [4.69, 9.17) is 4.74 Å². The van der Waals surface area contributed by atoms with Crippen molar-refractivity contribution >= 4 is 34.8 Å². The highest BCUT2D eigenvalue weighted by atomic mass is 32.1. The van der Waals surface area contributed by atoms with Gasteiger partial charge in [-0.05, 0) is 36.5 Å². The Balaban J connectivity index is 1.32. The van der Waals surface area contributed by atoms with E-state index in [1.165, 1.54) is 22.3 Å². The summed E-state index contributed by atoms with van der Waals surface area (Å²) in [6, 6.07) is 8.26. The van der Waals surface area contributed by atoms with E-state index in [2.05, 4.69) is 10.6 Å². The van der Waals surface area contributed by atoms with Gasteiger partial charge in [-0.1, -0.05) is 12.1 Å². The fourth-order valence-corrected chi connectivity index (χ4v) is 4.69. The molecule has 0 bridgehead atoms. The summed E-state index contributed by atoms with van der Waals surface area (Å²) < 4.78 is 20.0. The molecule has 0 aliphatic carbocycles. The van der Waals surface area contributed by atoms with Crippen molar-refractivity contribution in [1.29, 1.82) is 0 Å². The first-order valence-electron chi connectivity index (χ1n) is 10.3. The number of benzene rings is 1. The van der Waals surface area contributed by atoms with Crippen molar-refractivity contribution in [1.82, 2.24) is 10.6 Å². The zero-order valence-electron chi connectivity index (χ0n) is 16.9. The number of carbonyl (C=O) groups is 3. The Morgan fingerprint density at radius 3 is 2.87 bits per heavy atom. The molecule has 2 amide bonds. The van der Waals surface area contributed by atoms with Gasteiger partial charge in [0.15, 0.2) is 5.78 Å². The molecule has 2 N–H and O–H groups in total. The molecule has 2 atom stereocenters. The van der Waals surface area contributed by atoms with Crippen LogP contribution in [0.4, 0.5) is 14.9 Å². The fraction of sp³-hybridized carbons (Fsp3) is 0.409. The number of rotatable bonds is 8. The Bertz CT molecular complexity index is 960. The SMILES string of the molecule is O=C(CCC(=O)c1cccs1)NCC1CN(c2cccc(F)c2C2CCNC2)C(=O)O1. The Hall–Kier alpha value is -2.78. The molecule has 7 nitrogen and oxygen atoms in total. The molecular weight excluding hydrogens is 421 g/mol. The average Bonchev–Trinajstić information content (AvgIpc) is 3.52. The number of nitrogens with one attached hydrogen (secondary N) is 2. The van der Waals surface area contributed by atoms with E-state index in [9.17, 15) is 18.8 Å². The van der Waals surface area contributed by atoms with E-state index >= 15 is 0 Å². The van der Waals surface area contributed by atoms with Crippen molar-refractivity contribution in [2.24, 2.45) is 0 Å². The van der Waals surface area contributed by atoms with E-state index in [1.54, 1.807) is 24.3 Å². The predicted octanol–water partition coefficient (Wildman–Crippen LogP) is 3.07. The predicted molar refractivity (Wildman–Crippen MR) is 115 cm³/mol. The lowest BCUT2D eigenvalue weighted by atomic mass is 9.95. The largest absolute Gasteiger partial charge is 0.442 e. The van der Waals surface area contributed by atoms with Crippen LogP contribution in [0.15, 0.2) is 35.7 Å². The molecule has 4 rings (SSSR count). The number of hydrogen-bond acceptors (Lipinski definition) is 6. The summed E-state index contributed by atoms with van der Waals surface area (Å²) in [5.41, 5.74) is 1.05. The van der Waals surface area contributed by atoms with Crippen LogP contribution in [0, 0.1) is 5.82 Å². The molecule has 2 aliphatic rings. The topological polar surface area (TPSA) is 87.7 Å². The summed E-state index contributed by atoms with van der Waals surface area (Å²) in [6.45, 7) is 1.85. The molecule has 2 aliphatic heterocycles. The summed E-state index contributed by atoms with van der Waals surface area (Å²) in [4.78, 5) is 38.6. The van der Waals surface area contributed by atoms with E-state index < -0.39 is 12.2 Å². The van der Waals surface area contributed by atoms with E-state index in [1.807, 2.05) is 5.38 Å². The summed E-state index contributed by atoms with van der Waals surface area (Å²) in [7, 11) is 0. The minimum atomic E-state index is -0.551. The van der Waals surface area contributed by atoms with Crippen molar-refractivity contribution in [3.05, 3.63) is 52.0 Å². The summed E-state index contributed by atoms with van der Waals surface area (Å²) in [5, 5.41) is 7.77. The quantitative estimate of drug-likeness (QED) is 0.610. The maximum atomic E-state index is 14.6. The van der Waals surface area contributed by atoms with Crippen LogP contribution in [-0.4, -0.2) is 50.1 Å². The van der Waals surface area contributed by atoms with Crippen LogP contribution >= 0.6 is 11.3 Å². The number of cyclic esters (lactones) is 1. The van der Waals surface area contributed by atoms with Gasteiger partial charge in [0, 0.05) is 30.9 Å². The summed E-state index contributed by atoms with van der Waals surface area (Å²) >= 11 is 1.35. The van der Waals surface area contributed by atoms with Gasteiger partial charge in [0.2, 0.25) is 5.91 Å². The molecule has 2 fully saturated rings. The second kappa shape index (κ2) is 9.57. The lowest BCUT2D eigenvalue weighted by Crippen LogP contribution is -2.35. The molecule has 2 unspecified atom stereocenters. The molecule has 3 heterocycles. The van der Waals surface area contributed by atoms with Crippen molar-refractivity contribution in [2.45, 2.75) is 31.3 Å². The smallest absolute Gasteiger partial charge is 0.414 e. The summed E-state index contributed by atoms with van der Waals surface area (Å²) in [6.07, 6.45) is -0.0813. The van der Waals surface area contributed by atoms with Crippen molar-refractivity contribution < 1.29 is 23.5 Å². The molecular formula is C22H24FN3O4S. The molecule has 31 heavy (non-hydrogen) atoms. The zero-order valence-corrected chi connectivity index (χ0v) is 17.8. The third-order valence-electron chi connectivity index (χ3n) is 5.57. The fourth-order valence-electron chi connectivity index (χ4n) is 3.99. The zero-order chi connectivity index (χ0) is 21.8. The van der Waals surface area contributed by atoms with Gasteiger partial charge >= 0.3 is 6.09 Å². The number of thiophene rings is 1. The Morgan fingerprint density at radius 1 is 1.26 bits per heavy atom. The molecule has 1 aromatic heterocycles. The highest BCUT2D eigenvalue weighted by molar-refractivity contribution is 7.12. The second-order valence-electron chi connectivity index (χ2n) is 7.68. The van der Waals surface area contributed by atoms with Gasteiger partial charge in [-0.2, -0.15) is 0 Å². The molecule has 9 heteroatoms. The van der Waals surface area contributed by atoms with E-state index in [0.29, 0.717) is 22.7 Å². The maximum absolute atomic E-state index is 14.6. The standard InChI is InChI=1S/C22H24FN3O4S/c23-16-3-1-4-17(21(16)14-8-9-24-11-14)26-13-15(30-22(26)29)12-25-20(28)7-6-18(27)19-5-2-10-31-19/h1-5,10,14-15,24H,6-9,11-13H2,(H,25,28). The molecule has 164 valence electrons. The lowest BCUT2D eigenvalue weighted by Gasteiger charge is -2.21. The number of ether oxygens (including phenoxy) is 1. The number of ketones is 1. The minimum Gasteiger partial charge on any atom is -0.442 e. The number of anilines is 1. The van der Waals surface area contributed by atoms with Gasteiger partial charge in [0.05, 0.1) is 23.7 Å². The normalized spacial score (nSPS) is 20.7. The monoisotopic (exact) mass is 445 g/mol. The highest BCUT2D eigenvalue weighted by Crippen LogP contribution is 2.35. The van der Waals surface area contributed by atoms with Crippen LogP contribution in [0.1, 0.15) is 40.4 Å². The number of hydrogen-bond donors (Lipinski definition) is 2. The summed E-state index contributed by atoms with van der Waals surface area (Å²) in [5.74, 6) is -0.665. The molecule has 0 radical (unpaired) electrons. The highest BCUT2D eigenvalue weighted by Gasteiger charge is 2.36. The third-order valence-corrected chi connectivity index (χ3v) is 6.48. The second-order valence-corrected chi connectivity index (χ2v) is 8.63. The van der Waals surface area contributed by atoms with Crippen molar-refractivity contribution in [2.75, 3.05) is 31.1 Å². The lowest BCUT2D eigenvalue weighted by molar-refractivity contribution is -0.121. The van der Waals surface area contributed by atoms with E-state index in [-0.39, 0.29) is 49.4 Å². The maximum Gasteiger partial charge on any atom is 0.414 e. The van der Waals surface area contributed by atoms with Crippen LogP contribution in [0.25, 0.3) is 0 Å². The van der Waals surface area contributed by atoms with E-state index in [0.717, 1.165) is 13.0 Å². The van der Waals surface area contributed by atoms with Crippen LogP contribution in [-0.2, 0) is 9.53 Å². The van der Waals surface area contributed by atoms with Crippen LogP contribution < -0.4 is 15.5 Å². The average molecular weight is 446 g/mol. The Morgan fingerprint density at radius 2 is 2.13 bits per heavy atom. The van der Waals surface area contributed by atoms with Crippen LogP contribution in [0.2, 0.25) is 0 Å². The number of nitrogens with zero attached hydrogens (tertiary/aromatic N) is 1. The molecule has 1 aromatic carbocycles. The van der Waals surface area contributed by atoms with Gasteiger partial charge in [0.1, 0.15) is 11.9 Å². The number of halogens is 1. The van der Waals surface area contributed by atoms with Crippen molar-refractivity contribution in [3.63, 3.8) is 0 Å². The molecule has 2 aromatic rings. The minimum absolute atomic E-state index is 0.00337. The number of carbonyl (C=O) groups excluding carboxylic acids is 3. The Labute approximate surface area is 183 Å². The van der Waals surface area contributed by atoms with Crippen LogP contribution in [0.5, 0.6) is 0 Å². The van der Waals surface area contributed by atoms with Gasteiger partial charge in [-0.15, -0.1) is 11.3 Å². The van der Waals surface area contributed by atoms with Gasteiger partial charge in [-0.3, -0.25) is 14.5 Å². The van der Waals surface area contributed by atoms with Crippen molar-refractivity contribution in [3.8, 4) is 0 Å². The van der Waals surface area contributed by atoms with Crippen LogP contribution in [0.3, 0.4) is 0 Å².